The predicted molar refractivity (Wildman–Crippen MR) is 117 cm³/mol. The maximum Gasteiger partial charge on any atom is 0.261 e. The second kappa shape index (κ2) is 7.75. The number of benzene rings is 2. The number of nitrogens with zero attached hydrogens (tertiary/aromatic N) is 1. The molecule has 3 rings (SSSR count). The summed E-state index contributed by atoms with van der Waals surface area (Å²) < 4.78 is 28.2. The van der Waals surface area contributed by atoms with Crippen LogP contribution in [0.3, 0.4) is 0 Å². The van der Waals surface area contributed by atoms with E-state index >= 15 is 0 Å². The van der Waals surface area contributed by atoms with Crippen LogP contribution >= 0.6 is 0 Å². The smallest absolute Gasteiger partial charge is 0.261 e. The van der Waals surface area contributed by atoms with E-state index < -0.39 is 10.0 Å². The molecule has 0 radical (unpaired) electrons. The van der Waals surface area contributed by atoms with Gasteiger partial charge in [-0.05, 0) is 82.1 Å². The lowest BCUT2D eigenvalue weighted by Gasteiger charge is -2.20. The molecular weight excluding hydrogens is 402 g/mol. The van der Waals surface area contributed by atoms with E-state index in [1.54, 1.807) is 41.3 Å². The van der Waals surface area contributed by atoms with Crippen molar-refractivity contribution in [3.63, 3.8) is 0 Å². The van der Waals surface area contributed by atoms with Crippen LogP contribution in [0.5, 0.6) is 0 Å². The molecular formula is C22H27N3O4S. The van der Waals surface area contributed by atoms with Gasteiger partial charge in [-0.15, -0.1) is 0 Å². The molecule has 30 heavy (non-hydrogen) atoms. The molecule has 2 amide bonds. The number of amides is 2. The van der Waals surface area contributed by atoms with Crippen LogP contribution in [0, 0.1) is 0 Å². The normalized spacial score (nSPS) is 16.2. The Morgan fingerprint density at radius 3 is 2.27 bits per heavy atom. The van der Waals surface area contributed by atoms with Crippen molar-refractivity contribution in [2.45, 2.75) is 57.5 Å². The molecule has 0 fully saturated rings. The minimum Gasteiger partial charge on any atom is -0.347 e. The van der Waals surface area contributed by atoms with Crippen molar-refractivity contribution in [3.05, 3.63) is 53.6 Å². The summed E-state index contributed by atoms with van der Waals surface area (Å²) in [5, 5.41) is 2.86. The van der Waals surface area contributed by atoms with Crippen molar-refractivity contribution < 1.29 is 18.0 Å². The van der Waals surface area contributed by atoms with Crippen molar-refractivity contribution in [1.82, 2.24) is 5.32 Å². The van der Waals surface area contributed by atoms with Crippen molar-refractivity contribution in [1.29, 1.82) is 0 Å². The quantitative estimate of drug-likeness (QED) is 0.779. The predicted octanol–water partition coefficient (Wildman–Crippen LogP) is 3.31. The van der Waals surface area contributed by atoms with E-state index in [-0.39, 0.29) is 28.3 Å². The number of carbonyl (C=O) groups is 2. The molecule has 2 aromatic carbocycles. The highest BCUT2D eigenvalue weighted by Gasteiger charge is 2.30. The van der Waals surface area contributed by atoms with Gasteiger partial charge < -0.3 is 10.2 Å². The van der Waals surface area contributed by atoms with Gasteiger partial charge in [-0.3, -0.25) is 14.3 Å². The van der Waals surface area contributed by atoms with Crippen molar-refractivity contribution in [2.24, 2.45) is 0 Å². The van der Waals surface area contributed by atoms with Crippen molar-refractivity contribution in [2.75, 3.05) is 9.62 Å². The van der Waals surface area contributed by atoms with Gasteiger partial charge in [-0.25, -0.2) is 8.42 Å². The van der Waals surface area contributed by atoms with Crippen molar-refractivity contribution >= 4 is 33.2 Å². The third-order valence-corrected chi connectivity index (χ3v) is 6.18. The molecule has 1 atom stereocenters. The van der Waals surface area contributed by atoms with Crippen LogP contribution in [0.4, 0.5) is 11.4 Å². The van der Waals surface area contributed by atoms with Crippen molar-refractivity contribution in [3.8, 4) is 0 Å². The molecule has 2 N–H and O–H groups in total. The lowest BCUT2D eigenvalue weighted by molar-refractivity contribution is -0.116. The van der Waals surface area contributed by atoms with Gasteiger partial charge in [-0.2, -0.15) is 0 Å². The minimum absolute atomic E-state index is 0.00444. The summed E-state index contributed by atoms with van der Waals surface area (Å²) in [6.45, 7) is 9.11. The van der Waals surface area contributed by atoms with Gasteiger partial charge in [0.05, 0.1) is 4.90 Å². The summed E-state index contributed by atoms with van der Waals surface area (Å²) in [5.41, 5.74) is 2.03. The van der Waals surface area contributed by atoms with E-state index in [2.05, 4.69) is 10.0 Å². The molecule has 2 aromatic rings. The first-order valence-corrected chi connectivity index (χ1v) is 11.2. The van der Waals surface area contributed by atoms with Gasteiger partial charge in [0.1, 0.15) is 0 Å². The van der Waals surface area contributed by atoms with Crippen LogP contribution in [0.25, 0.3) is 0 Å². The van der Waals surface area contributed by atoms with Crippen LogP contribution in [-0.4, -0.2) is 31.8 Å². The monoisotopic (exact) mass is 429 g/mol. The fourth-order valence-electron chi connectivity index (χ4n) is 3.57. The molecule has 0 saturated carbocycles. The van der Waals surface area contributed by atoms with E-state index in [0.717, 1.165) is 11.3 Å². The number of hydrogen-bond acceptors (Lipinski definition) is 4. The third-order valence-electron chi connectivity index (χ3n) is 4.80. The maximum absolute atomic E-state index is 12.8. The zero-order chi connectivity index (χ0) is 22.3. The van der Waals surface area contributed by atoms with E-state index in [9.17, 15) is 18.0 Å². The zero-order valence-corrected chi connectivity index (χ0v) is 18.6. The first-order valence-electron chi connectivity index (χ1n) is 9.75. The standard InChI is InChI=1S/C22H27N3O4S/c1-14-12-17-13-19(10-11-20(17)25(14)15(2)26)30(28,29)24-18-8-6-16(7-9-18)21(27)23-22(3,4)5/h6-11,13-14,24H,12H2,1-5H3,(H,23,27). The molecule has 8 heteroatoms. The summed E-state index contributed by atoms with van der Waals surface area (Å²) in [5.74, 6) is -0.287. The van der Waals surface area contributed by atoms with Gasteiger partial charge in [-0.1, -0.05) is 0 Å². The summed E-state index contributed by atoms with van der Waals surface area (Å²) in [7, 11) is -3.81. The van der Waals surface area contributed by atoms with Gasteiger partial charge in [0, 0.05) is 35.4 Å². The average Bonchev–Trinajstić information content (AvgIpc) is 2.95. The molecule has 1 aliphatic rings. The van der Waals surface area contributed by atoms with Gasteiger partial charge in [0.2, 0.25) is 5.91 Å². The second-order valence-corrected chi connectivity index (χ2v) is 10.3. The molecule has 1 aliphatic heterocycles. The van der Waals surface area contributed by atoms with Gasteiger partial charge >= 0.3 is 0 Å². The fraction of sp³-hybridized carbons (Fsp3) is 0.364. The van der Waals surface area contributed by atoms with E-state index in [1.807, 2.05) is 27.7 Å². The largest absolute Gasteiger partial charge is 0.347 e. The Morgan fingerprint density at radius 2 is 1.70 bits per heavy atom. The highest BCUT2D eigenvalue weighted by Crippen LogP contribution is 2.34. The zero-order valence-electron chi connectivity index (χ0n) is 17.8. The summed E-state index contributed by atoms with van der Waals surface area (Å²) in [6.07, 6.45) is 0.607. The van der Waals surface area contributed by atoms with Crippen LogP contribution in [0.15, 0.2) is 47.4 Å². The lowest BCUT2D eigenvalue weighted by atomic mass is 10.1. The molecule has 1 unspecified atom stereocenters. The molecule has 0 aromatic heterocycles. The lowest BCUT2D eigenvalue weighted by Crippen LogP contribution is -2.40. The SMILES string of the molecule is CC(=O)N1c2ccc(S(=O)(=O)Nc3ccc(C(=O)NC(C)(C)C)cc3)cc2CC1C. The Bertz CT molecular complexity index is 1090. The number of anilines is 2. The topological polar surface area (TPSA) is 95.6 Å². The Kier molecular flexibility index (Phi) is 5.64. The fourth-order valence-corrected chi connectivity index (χ4v) is 4.68. The Balaban J connectivity index is 1.78. The Labute approximate surface area is 177 Å². The minimum atomic E-state index is -3.81. The molecule has 0 aliphatic carbocycles. The Hall–Kier alpha value is -2.87. The summed E-state index contributed by atoms with van der Waals surface area (Å²) >= 11 is 0. The molecule has 160 valence electrons. The molecule has 0 saturated heterocycles. The number of nitrogens with one attached hydrogen (secondary N) is 2. The summed E-state index contributed by atoms with van der Waals surface area (Å²) in [6, 6.07) is 11.1. The summed E-state index contributed by atoms with van der Waals surface area (Å²) in [4.78, 5) is 25.9. The molecule has 7 nitrogen and oxygen atoms in total. The number of rotatable bonds is 4. The van der Waals surface area contributed by atoms with E-state index in [0.29, 0.717) is 17.7 Å². The Morgan fingerprint density at radius 1 is 1.07 bits per heavy atom. The molecule has 1 heterocycles. The number of sulfonamides is 1. The second-order valence-electron chi connectivity index (χ2n) is 8.62. The van der Waals surface area contributed by atoms with Crippen LogP contribution in [0.1, 0.15) is 50.5 Å². The molecule has 0 bridgehead atoms. The van der Waals surface area contributed by atoms with E-state index in [4.69, 9.17) is 0 Å². The highest BCUT2D eigenvalue weighted by molar-refractivity contribution is 7.92. The van der Waals surface area contributed by atoms with Crippen LogP contribution in [-0.2, 0) is 21.2 Å². The van der Waals surface area contributed by atoms with Gasteiger partial charge in [0.25, 0.3) is 15.9 Å². The van der Waals surface area contributed by atoms with E-state index in [1.165, 1.54) is 13.0 Å². The third kappa shape index (κ3) is 4.64. The number of carbonyl (C=O) groups excluding carboxylic acids is 2. The van der Waals surface area contributed by atoms with Crippen LogP contribution in [0.2, 0.25) is 0 Å². The highest BCUT2D eigenvalue weighted by atomic mass is 32.2. The average molecular weight is 430 g/mol. The first kappa shape index (κ1) is 21.8. The van der Waals surface area contributed by atoms with Gasteiger partial charge in [0.15, 0.2) is 0 Å². The first-order chi connectivity index (χ1) is 13.9. The molecule has 0 spiro atoms. The van der Waals surface area contributed by atoms with Crippen LogP contribution < -0.4 is 14.9 Å². The number of fused-ring (bicyclic) bond motifs is 1. The number of hydrogen-bond donors (Lipinski definition) is 2. The maximum atomic E-state index is 12.8.